The van der Waals surface area contributed by atoms with Crippen LogP contribution in [-0.4, -0.2) is 21.1 Å². The molecule has 94 valence electrons. The minimum Gasteiger partial charge on any atom is -0.385 e. The number of aliphatic hydroxyl groups excluding tert-OH is 1. The van der Waals surface area contributed by atoms with E-state index in [4.69, 9.17) is 0 Å². The summed E-state index contributed by atoms with van der Waals surface area (Å²) in [4.78, 5) is 14.3. The van der Waals surface area contributed by atoms with E-state index >= 15 is 0 Å². The van der Waals surface area contributed by atoms with Crippen LogP contribution in [0.4, 0.5) is 5.69 Å². The van der Waals surface area contributed by atoms with Gasteiger partial charge in [-0.05, 0) is 35.6 Å². The molecule has 2 atom stereocenters. The number of hydrogen-bond donors (Lipinski definition) is 1. The molecular weight excluding hydrogens is 232 g/mol. The summed E-state index contributed by atoms with van der Waals surface area (Å²) >= 11 is 0. The predicted molar refractivity (Wildman–Crippen MR) is 67.8 cm³/mol. The first-order valence-electron chi connectivity index (χ1n) is 5.67. The Balaban J connectivity index is 2.47. The van der Waals surface area contributed by atoms with Crippen molar-refractivity contribution in [2.24, 2.45) is 5.92 Å². The third-order valence-corrected chi connectivity index (χ3v) is 3.24. The molecule has 0 spiro atoms. The topological polar surface area (TPSA) is 76.3 Å². The first kappa shape index (κ1) is 12.4. The Morgan fingerprint density at radius 3 is 2.94 bits per heavy atom. The molecule has 0 amide bonds. The number of aromatic nitrogens is 1. The molecule has 2 rings (SSSR count). The van der Waals surface area contributed by atoms with Gasteiger partial charge in [-0.2, -0.15) is 0 Å². The van der Waals surface area contributed by atoms with Crippen LogP contribution in [0.1, 0.15) is 18.9 Å². The zero-order valence-electron chi connectivity index (χ0n) is 10.0. The van der Waals surface area contributed by atoms with E-state index in [1.807, 2.05) is 6.92 Å². The Kier molecular flexibility index (Phi) is 3.25. The van der Waals surface area contributed by atoms with E-state index in [2.05, 4.69) is 11.6 Å². The highest BCUT2D eigenvalue weighted by molar-refractivity contribution is 5.74. The molecule has 1 aromatic heterocycles. The number of aliphatic hydroxyl groups is 1. The van der Waals surface area contributed by atoms with Gasteiger partial charge in [0.2, 0.25) is 0 Å². The monoisotopic (exact) mass is 246 g/mol. The highest BCUT2D eigenvalue weighted by atomic mass is 16.6. The molecule has 0 radical (unpaired) electrons. The van der Waals surface area contributed by atoms with Crippen LogP contribution in [0.2, 0.25) is 0 Å². The molecular formula is C13H14N2O3. The lowest BCUT2D eigenvalue weighted by Gasteiger charge is -2.25. The van der Waals surface area contributed by atoms with E-state index in [0.717, 1.165) is 11.1 Å². The van der Waals surface area contributed by atoms with Crippen molar-refractivity contribution in [3.05, 3.63) is 52.4 Å². The lowest BCUT2D eigenvalue weighted by molar-refractivity contribution is -0.385. The van der Waals surface area contributed by atoms with Crippen molar-refractivity contribution < 1.29 is 10.0 Å². The molecule has 0 aromatic carbocycles. The second-order valence-electron chi connectivity index (χ2n) is 4.47. The second kappa shape index (κ2) is 4.70. The Bertz CT molecular complexity index is 537. The van der Waals surface area contributed by atoms with Crippen LogP contribution >= 0.6 is 0 Å². The van der Waals surface area contributed by atoms with Crippen LogP contribution in [-0.2, 0) is 0 Å². The number of pyridine rings is 1. The fourth-order valence-electron chi connectivity index (χ4n) is 2.12. The SMILES string of the molecule is C=C1C(O)C=C(c2ccncc2[N+](=O)[O-])CC1C. The van der Waals surface area contributed by atoms with Gasteiger partial charge in [-0.3, -0.25) is 15.1 Å². The number of allylic oxidation sites excluding steroid dienone is 1. The highest BCUT2D eigenvalue weighted by Crippen LogP contribution is 2.36. The lowest BCUT2D eigenvalue weighted by atomic mass is 9.82. The lowest BCUT2D eigenvalue weighted by Crippen LogP contribution is -2.19. The normalized spacial score (nSPS) is 23.7. The van der Waals surface area contributed by atoms with Crippen LogP contribution in [0.5, 0.6) is 0 Å². The summed E-state index contributed by atoms with van der Waals surface area (Å²) in [6.07, 6.45) is 4.28. The quantitative estimate of drug-likeness (QED) is 0.493. The summed E-state index contributed by atoms with van der Waals surface area (Å²) in [5, 5.41) is 20.8. The maximum atomic E-state index is 11.0. The molecule has 1 N–H and O–H groups in total. The summed E-state index contributed by atoms with van der Waals surface area (Å²) in [7, 11) is 0. The van der Waals surface area contributed by atoms with Gasteiger partial charge in [-0.1, -0.05) is 13.5 Å². The van der Waals surface area contributed by atoms with Gasteiger partial charge >= 0.3 is 0 Å². The van der Waals surface area contributed by atoms with Crippen LogP contribution in [0, 0.1) is 16.0 Å². The molecule has 2 unspecified atom stereocenters. The van der Waals surface area contributed by atoms with E-state index < -0.39 is 11.0 Å². The van der Waals surface area contributed by atoms with Crippen LogP contribution < -0.4 is 0 Å². The molecule has 0 saturated heterocycles. The third-order valence-electron chi connectivity index (χ3n) is 3.24. The molecule has 5 nitrogen and oxygen atoms in total. The number of rotatable bonds is 2. The van der Waals surface area contributed by atoms with Crippen molar-refractivity contribution in [3.8, 4) is 0 Å². The molecule has 18 heavy (non-hydrogen) atoms. The van der Waals surface area contributed by atoms with Gasteiger partial charge in [0.15, 0.2) is 0 Å². The maximum absolute atomic E-state index is 11.0. The Hall–Kier alpha value is -2.01. The number of nitrogens with zero attached hydrogens (tertiary/aromatic N) is 2. The fraction of sp³-hybridized carbons (Fsp3) is 0.308. The molecule has 1 heterocycles. The largest absolute Gasteiger partial charge is 0.385 e. The van der Waals surface area contributed by atoms with Gasteiger partial charge in [0.25, 0.3) is 5.69 Å². The Morgan fingerprint density at radius 2 is 2.33 bits per heavy atom. The van der Waals surface area contributed by atoms with Gasteiger partial charge in [-0.15, -0.1) is 0 Å². The van der Waals surface area contributed by atoms with Crippen molar-refractivity contribution in [3.63, 3.8) is 0 Å². The maximum Gasteiger partial charge on any atom is 0.294 e. The highest BCUT2D eigenvalue weighted by Gasteiger charge is 2.26. The third kappa shape index (κ3) is 2.17. The van der Waals surface area contributed by atoms with Crippen molar-refractivity contribution in [1.82, 2.24) is 4.98 Å². The zero-order valence-corrected chi connectivity index (χ0v) is 10.0. The van der Waals surface area contributed by atoms with E-state index in [1.54, 1.807) is 12.1 Å². The number of nitro groups is 1. The summed E-state index contributed by atoms with van der Waals surface area (Å²) in [5.41, 5.74) is 2.01. The van der Waals surface area contributed by atoms with Gasteiger partial charge in [0.1, 0.15) is 6.20 Å². The van der Waals surface area contributed by atoms with Crippen molar-refractivity contribution >= 4 is 11.3 Å². The second-order valence-corrected chi connectivity index (χ2v) is 4.47. The summed E-state index contributed by atoms with van der Waals surface area (Å²) < 4.78 is 0. The van der Waals surface area contributed by atoms with E-state index in [1.165, 1.54) is 12.4 Å². The molecule has 5 heteroatoms. The zero-order chi connectivity index (χ0) is 13.3. The van der Waals surface area contributed by atoms with Crippen LogP contribution in [0.15, 0.2) is 36.7 Å². The average Bonchev–Trinajstić information content (AvgIpc) is 2.35. The molecule has 0 saturated carbocycles. The van der Waals surface area contributed by atoms with Gasteiger partial charge < -0.3 is 5.11 Å². The molecule has 1 aliphatic rings. The summed E-state index contributed by atoms with van der Waals surface area (Å²) in [5.74, 6) is 0.104. The van der Waals surface area contributed by atoms with E-state index in [9.17, 15) is 15.2 Å². The minimum atomic E-state index is -0.739. The van der Waals surface area contributed by atoms with Crippen molar-refractivity contribution in [2.75, 3.05) is 0 Å². The van der Waals surface area contributed by atoms with Crippen LogP contribution in [0.25, 0.3) is 5.57 Å². The summed E-state index contributed by atoms with van der Waals surface area (Å²) in [6.45, 7) is 5.77. The summed E-state index contributed by atoms with van der Waals surface area (Å²) in [6, 6.07) is 1.61. The van der Waals surface area contributed by atoms with Gasteiger partial charge in [-0.25, -0.2) is 0 Å². The average molecular weight is 246 g/mol. The smallest absolute Gasteiger partial charge is 0.294 e. The van der Waals surface area contributed by atoms with E-state index in [-0.39, 0.29) is 11.6 Å². The van der Waals surface area contributed by atoms with Gasteiger partial charge in [0, 0.05) is 6.20 Å². The molecule has 1 aliphatic carbocycles. The molecule has 0 aliphatic heterocycles. The van der Waals surface area contributed by atoms with Gasteiger partial charge in [0.05, 0.1) is 16.6 Å². The molecule has 0 fully saturated rings. The predicted octanol–water partition coefficient (Wildman–Crippen LogP) is 2.33. The first-order valence-corrected chi connectivity index (χ1v) is 5.67. The van der Waals surface area contributed by atoms with Crippen molar-refractivity contribution in [1.29, 1.82) is 0 Å². The standard InChI is InChI=1S/C13H14N2O3/c1-8-5-10(6-13(16)9(8)2)11-3-4-14-7-12(11)15(17)18/h3-4,6-8,13,16H,2,5H2,1H3. The molecule has 1 aromatic rings. The Labute approximate surface area is 105 Å². The van der Waals surface area contributed by atoms with Crippen LogP contribution in [0.3, 0.4) is 0 Å². The fourth-order valence-corrected chi connectivity index (χ4v) is 2.12. The molecule has 0 bridgehead atoms. The minimum absolute atomic E-state index is 0.0318. The first-order chi connectivity index (χ1) is 8.50. The van der Waals surface area contributed by atoms with E-state index in [0.29, 0.717) is 12.0 Å². The number of hydrogen-bond acceptors (Lipinski definition) is 4. The van der Waals surface area contributed by atoms with Crippen molar-refractivity contribution in [2.45, 2.75) is 19.4 Å². The Morgan fingerprint density at radius 1 is 1.61 bits per heavy atom.